The first-order chi connectivity index (χ1) is 13.6. The molecule has 1 amide bonds. The summed E-state index contributed by atoms with van der Waals surface area (Å²) in [6.07, 6.45) is 0. The zero-order valence-electron chi connectivity index (χ0n) is 15.5. The summed E-state index contributed by atoms with van der Waals surface area (Å²) in [5.74, 6) is -0.537. The molecule has 0 saturated heterocycles. The number of carbonyl (C=O) groups excluding carboxylic acids is 2. The van der Waals surface area contributed by atoms with Gasteiger partial charge in [0.15, 0.2) is 0 Å². The number of hydrogen-bond donors (Lipinski definition) is 1. The van der Waals surface area contributed by atoms with Crippen molar-refractivity contribution < 1.29 is 14.3 Å². The molecule has 0 aliphatic carbocycles. The summed E-state index contributed by atoms with van der Waals surface area (Å²) in [5, 5.41) is 14.9. The lowest BCUT2D eigenvalue weighted by molar-refractivity contribution is -0.113. The highest BCUT2D eigenvalue weighted by Crippen LogP contribution is 2.19. The standard InChI is InChI=1S/C19H19N5O3S/c1-3-27-18(26)14-5-4-6-15(11-14)20-17(25)12-28-19-21-22-23-24(19)16-9-7-13(2)8-10-16/h4-11H,3,12H2,1-2H3,(H,20,25). The largest absolute Gasteiger partial charge is 0.462 e. The third-order valence-electron chi connectivity index (χ3n) is 3.71. The third kappa shape index (κ3) is 4.95. The molecule has 0 radical (unpaired) electrons. The normalized spacial score (nSPS) is 10.5. The summed E-state index contributed by atoms with van der Waals surface area (Å²) in [7, 11) is 0. The van der Waals surface area contributed by atoms with Gasteiger partial charge in [0.2, 0.25) is 11.1 Å². The highest BCUT2D eigenvalue weighted by atomic mass is 32.2. The quantitative estimate of drug-likeness (QED) is 0.483. The molecule has 3 aromatic rings. The number of nitrogens with zero attached hydrogens (tertiary/aromatic N) is 4. The van der Waals surface area contributed by atoms with E-state index in [1.54, 1.807) is 35.9 Å². The molecule has 28 heavy (non-hydrogen) atoms. The topological polar surface area (TPSA) is 99.0 Å². The molecule has 0 spiro atoms. The van der Waals surface area contributed by atoms with Crippen LogP contribution in [0.5, 0.6) is 0 Å². The van der Waals surface area contributed by atoms with Crippen LogP contribution < -0.4 is 5.32 Å². The fourth-order valence-corrected chi connectivity index (χ4v) is 3.07. The molecule has 1 N–H and O–H groups in total. The SMILES string of the molecule is CCOC(=O)c1cccc(NC(=O)CSc2nnnn2-c2ccc(C)cc2)c1. The van der Waals surface area contributed by atoms with E-state index >= 15 is 0 Å². The van der Waals surface area contributed by atoms with Gasteiger partial charge in [0, 0.05) is 5.69 Å². The summed E-state index contributed by atoms with van der Waals surface area (Å²) in [6, 6.07) is 14.4. The van der Waals surface area contributed by atoms with Crippen LogP contribution in [0, 0.1) is 6.92 Å². The van der Waals surface area contributed by atoms with Crippen molar-refractivity contribution in [3.05, 3.63) is 59.7 Å². The number of tetrazole rings is 1. The lowest BCUT2D eigenvalue weighted by Crippen LogP contribution is -2.15. The van der Waals surface area contributed by atoms with E-state index in [0.29, 0.717) is 23.0 Å². The maximum absolute atomic E-state index is 12.3. The number of benzene rings is 2. The number of aromatic nitrogens is 4. The second kappa shape index (κ2) is 9.14. The van der Waals surface area contributed by atoms with Crippen LogP contribution in [0.1, 0.15) is 22.8 Å². The van der Waals surface area contributed by atoms with Gasteiger partial charge >= 0.3 is 5.97 Å². The van der Waals surface area contributed by atoms with Crippen LogP contribution in [0.2, 0.25) is 0 Å². The van der Waals surface area contributed by atoms with Crippen LogP contribution in [0.15, 0.2) is 53.7 Å². The maximum Gasteiger partial charge on any atom is 0.338 e. The molecule has 0 saturated carbocycles. The minimum atomic E-state index is -0.426. The van der Waals surface area contributed by atoms with Gasteiger partial charge in [0.05, 0.1) is 23.6 Å². The molecular weight excluding hydrogens is 378 g/mol. The number of amides is 1. The first-order valence-corrected chi connectivity index (χ1v) is 9.60. The number of esters is 1. The summed E-state index contributed by atoms with van der Waals surface area (Å²) >= 11 is 1.22. The van der Waals surface area contributed by atoms with Crippen molar-refractivity contribution in [3.8, 4) is 5.69 Å². The fourth-order valence-electron chi connectivity index (χ4n) is 2.38. The minimum Gasteiger partial charge on any atom is -0.462 e. The molecule has 1 heterocycles. The van der Waals surface area contributed by atoms with E-state index in [-0.39, 0.29) is 11.7 Å². The van der Waals surface area contributed by atoms with Crippen molar-refractivity contribution in [2.24, 2.45) is 0 Å². The average molecular weight is 397 g/mol. The van der Waals surface area contributed by atoms with E-state index in [1.807, 2.05) is 31.2 Å². The zero-order valence-corrected chi connectivity index (χ0v) is 16.3. The maximum atomic E-state index is 12.3. The smallest absolute Gasteiger partial charge is 0.338 e. The van der Waals surface area contributed by atoms with Crippen molar-refractivity contribution in [1.29, 1.82) is 0 Å². The molecule has 144 valence electrons. The van der Waals surface area contributed by atoms with E-state index in [4.69, 9.17) is 4.74 Å². The molecule has 0 atom stereocenters. The second-order valence-electron chi connectivity index (χ2n) is 5.85. The van der Waals surface area contributed by atoms with Crippen LogP contribution in [0.25, 0.3) is 5.69 Å². The first kappa shape index (κ1) is 19.6. The van der Waals surface area contributed by atoms with Crippen molar-refractivity contribution >= 4 is 29.3 Å². The molecule has 3 rings (SSSR count). The number of aryl methyl sites for hydroxylation is 1. The van der Waals surface area contributed by atoms with Crippen LogP contribution in [-0.4, -0.2) is 44.4 Å². The lowest BCUT2D eigenvalue weighted by Gasteiger charge is -2.07. The minimum absolute atomic E-state index is 0.121. The van der Waals surface area contributed by atoms with E-state index in [1.165, 1.54) is 11.8 Å². The first-order valence-electron chi connectivity index (χ1n) is 8.62. The van der Waals surface area contributed by atoms with Crippen LogP contribution in [0.4, 0.5) is 5.69 Å². The Morgan fingerprint density at radius 3 is 2.71 bits per heavy atom. The van der Waals surface area contributed by atoms with E-state index in [9.17, 15) is 9.59 Å². The number of anilines is 1. The van der Waals surface area contributed by atoms with Gasteiger partial charge in [-0.25, -0.2) is 4.79 Å². The number of thioether (sulfide) groups is 1. The Morgan fingerprint density at radius 1 is 1.18 bits per heavy atom. The molecule has 1 aromatic heterocycles. The van der Waals surface area contributed by atoms with Crippen molar-refractivity contribution in [2.75, 3.05) is 17.7 Å². The Morgan fingerprint density at radius 2 is 1.96 bits per heavy atom. The van der Waals surface area contributed by atoms with E-state index < -0.39 is 5.97 Å². The summed E-state index contributed by atoms with van der Waals surface area (Å²) in [4.78, 5) is 24.1. The zero-order chi connectivity index (χ0) is 19.9. The number of hydrogen-bond acceptors (Lipinski definition) is 7. The van der Waals surface area contributed by atoms with Crippen molar-refractivity contribution in [3.63, 3.8) is 0 Å². The predicted octanol–water partition coefficient (Wildman–Crippen LogP) is 2.88. The molecule has 0 aliphatic heterocycles. The molecule has 0 fully saturated rings. The Labute approximate surface area is 166 Å². The predicted molar refractivity (Wildman–Crippen MR) is 106 cm³/mol. The van der Waals surface area contributed by atoms with Crippen molar-refractivity contribution in [2.45, 2.75) is 19.0 Å². The molecule has 2 aromatic carbocycles. The van der Waals surface area contributed by atoms with Gasteiger partial charge in [-0.05, 0) is 54.6 Å². The summed E-state index contributed by atoms with van der Waals surface area (Å²) in [5.41, 5.74) is 2.86. The van der Waals surface area contributed by atoms with Crippen molar-refractivity contribution in [1.82, 2.24) is 20.2 Å². The molecule has 0 bridgehead atoms. The molecule has 9 heteroatoms. The lowest BCUT2D eigenvalue weighted by atomic mass is 10.2. The van der Waals surface area contributed by atoms with Crippen LogP contribution >= 0.6 is 11.8 Å². The Hall–Kier alpha value is -3.20. The third-order valence-corrected chi connectivity index (χ3v) is 4.63. The molecule has 0 aliphatic rings. The van der Waals surface area contributed by atoms with E-state index in [0.717, 1.165) is 11.3 Å². The van der Waals surface area contributed by atoms with Gasteiger partial charge in [-0.1, -0.05) is 35.5 Å². The highest BCUT2D eigenvalue weighted by molar-refractivity contribution is 7.99. The fraction of sp³-hybridized carbons (Fsp3) is 0.211. The van der Waals surface area contributed by atoms with Gasteiger partial charge in [-0.15, -0.1) is 5.10 Å². The summed E-state index contributed by atoms with van der Waals surface area (Å²) in [6.45, 7) is 4.03. The Bertz CT molecular complexity index is 972. The Balaban J connectivity index is 1.61. The van der Waals surface area contributed by atoms with Crippen LogP contribution in [0.3, 0.4) is 0 Å². The van der Waals surface area contributed by atoms with E-state index in [2.05, 4.69) is 20.8 Å². The highest BCUT2D eigenvalue weighted by Gasteiger charge is 2.13. The summed E-state index contributed by atoms with van der Waals surface area (Å²) < 4.78 is 6.55. The molecule has 8 nitrogen and oxygen atoms in total. The number of rotatable bonds is 7. The number of carbonyl (C=O) groups is 2. The van der Waals surface area contributed by atoms with Gasteiger partial charge in [0.25, 0.3) is 0 Å². The second-order valence-corrected chi connectivity index (χ2v) is 6.79. The molecule has 0 unspecified atom stereocenters. The van der Waals surface area contributed by atoms with Gasteiger partial charge < -0.3 is 10.1 Å². The van der Waals surface area contributed by atoms with Gasteiger partial charge in [0.1, 0.15) is 0 Å². The van der Waals surface area contributed by atoms with Crippen LogP contribution in [-0.2, 0) is 9.53 Å². The van der Waals surface area contributed by atoms with Gasteiger partial charge in [-0.3, -0.25) is 4.79 Å². The number of nitrogens with one attached hydrogen (secondary N) is 1. The molecular formula is C19H19N5O3S. The number of ether oxygens (including phenoxy) is 1. The van der Waals surface area contributed by atoms with Gasteiger partial charge in [-0.2, -0.15) is 4.68 Å². The average Bonchev–Trinajstić information content (AvgIpc) is 3.16. The Kier molecular flexibility index (Phi) is 6.38. The monoisotopic (exact) mass is 397 g/mol.